The van der Waals surface area contributed by atoms with Gasteiger partial charge in [0.2, 0.25) is 0 Å². The average Bonchev–Trinajstić information content (AvgIpc) is 2.30. The highest BCUT2D eigenvalue weighted by Crippen LogP contribution is 2.10. The molecule has 2 atom stereocenters. The van der Waals surface area contributed by atoms with Crippen LogP contribution < -0.4 is 5.32 Å². The van der Waals surface area contributed by atoms with E-state index in [1.165, 1.54) is 26.1 Å². The van der Waals surface area contributed by atoms with E-state index in [9.17, 15) is 0 Å². The fourth-order valence-electron chi connectivity index (χ4n) is 2.36. The van der Waals surface area contributed by atoms with Crippen LogP contribution in [0, 0.1) is 0 Å². The first-order valence-electron chi connectivity index (χ1n) is 6.30. The SMILES string of the molecule is CCC1CN(CC(COC)NC)CCN1C. The van der Waals surface area contributed by atoms with E-state index in [1.807, 2.05) is 7.05 Å². The number of nitrogens with zero attached hydrogens (tertiary/aromatic N) is 2. The lowest BCUT2D eigenvalue weighted by Gasteiger charge is -2.40. The Morgan fingerprint density at radius 1 is 1.44 bits per heavy atom. The summed E-state index contributed by atoms with van der Waals surface area (Å²) in [5.74, 6) is 0. The van der Waals surface area contributed by atoms with Crippen molar-refractivity contribution in [2.24, 2.45) is 0 Å². The molecule has 96 valence electrons. The van der Waals surface area contributed by atoms with E-state index >= 15 is 0 Å². The lowest BCUT2D eigenvalue weighted by atomic mass is 10.1. The Morgan fingerprint density at radius 2 is 2.19 bits per heavy atom. The predicted octanol–water partition coefficient (Wildman–Crippen LogP) is 0.247. The third-order valence-electron chi connectivity index (χ3n) is 3.59. The van der Waals surface area contributed by atoms with Crippen molar-refractivity contribution < 1.29 is 4.74 Å². The Bertz CT molecular complexity index is 189. The first-order chi connectivity index (χ1) is 7.71. The van der Waals surface area contributed by atoms with Gasteiger partial charge in [0.15, 0.2) is 0 Å². The van der Waals surface area contributed by atoms with Gasteiger partial charge in [-0.3, -0.25) is 4.90 Å². The van der Waals surface area contributed by atoms with Crippen molar-refractivity contribution in [3.05, 3.63) is 0 Å². The van der Waals surface area contributed by atoms with Crippen LogP contribution in [0.1, 0.15) is 13.3 Å². The van der Waals surface area contributed by atoms with E-state index in [4.69, 9.17) is 4.74 Å². The molecule has 0 aromatic rings. The summed E-state index contributed by atoms with van der Waals surface area (Å²) in [6, 6.07) is 1.17. The third-order valence-corrected chi connectivity index (χ3v) is 3.59. The van der Waals surface area contributed by atoms with Gasteiger partial charge in [0, 0.05) is 45.4 Å². The first kappa shape index (κ1) is 13.9. The Labute approximate surface area is 99.9 Å². The van der Waals surface area contributed by atoms with E-state index in [1.54, 1.807) is 7.11 Å². The summed E-state index contributed by atoms with van der Waals surface area (Å²) in [6.07, 6.45) is 1.24. The van der Waals surface area contributed by atoms with Gasteiger partial charge in [0.1, 0.15) is 0 Å². The van der Waals surface area contributed by atoms with Crippen LogP contribution in [0.5, 0.6) is 0 Å². The number of methoxy groups -OCH3 is 1. The van der Waals surface area contributed by atoms with Crippen LogP contribution in [0.2, 0.25) is 0 Å². The van der Waals surface area contributed by atoms with Gasteiger partial charge >= 0.3 is 0 Å². The highest BCUT2D eigenvalue weighted by molar-refractivity contribution is 4.81. The molecule has 16 heavy (non-hydrogen) atoms. The summed E-state index contributed by atoms with van der Waals surface area (Å²) >= 11 is 0. The van der Waals surface area contributed by atoms with Gasteiger partial charge in [-0.05, 0) is 20.5 Å². The number of likely N-dealkylation sites (N-methyl/N-ethyl adjacent to an activating group) is 2. The number of rotatable bonds is 6. The first-order valence-corrected chi connectivity index (χ1v) is 6.30. The van der Waals surface area contributed by atoms with E-state index in [2.05, 4.69) is 29.1 Å². The third kappa shape index (κ3) is 4.01. The zero-order valence-corrected chi connectivity index (χ0v) is 11.2. The van der Waals surface area contributed by atoms with Gasteiger partial charge in [0.05, 0.1) is 6.61 Å². The van der Waals surface area contributed by atoms with Crippen molar-refractivity contribution in [3.8, 4) is 0 Å². The molecule has 0 aliphatic carbocycles. The molecule has 0 bridgehead atoms. The fourth-order valence-corrected chi connectivity index (χ4v) is 2.36. The van der Waals surface area contributed by atoms with Crippen LogP contribution in [-0.4, -0.2) is 75.9 Å². The van der Waals surface area contributed by atoms with E-state index < -0.39 is 0 Å². The van der Waals surface area contributed by atoms with E-state index in [0.717, 1.165) is 13.2 Å². The van der Waals surface area contributed by atoms with Gasteiger partial charge in [-0.15, -0.1) is 0 Å². The Morgan fingerprint density at radius 3 is 2.75 bits per heavy atom. The molecule has 1 rings (SSSR count). The van der Waals surface area contributed by atoms with Gasteiger partial charge in [-0.25, -0.2) is 0 Å². The molecule has 1 heterocycles. The van der Waals surface area contributed by atoms with Gasteiger partial charge < -0.3 is 15.0 Å². The molecule has 0 radical (unpaired) electrons. The molecule has 0 saturated carbocycles. The minimum Gasteiger partial charge on any atom is -0.383 e. The molecule has 4 heteroatoms. The van der Waals surface area contributed by atoms with Crippen molar-refractivity contribution in [2.45, 2.75) is 25.4 Å². The summed E-state index contributed by atoms with van der Waals surface area (Å²) in [4.78, 5) is 5.02. The minimum absolute atomic E-state index is 0.450. The molecule has 2 unspecified atom stereocenters. The summed E-state index contributed by atoms with van der Waals surface area (Å²) in [5, 5.41) is 3.31. The molecular weight excluding hydrogens is 202 g/mol. The number of hydrogen-bond donors (Lipinski definition) is 1. The molecule has 0 spiro atoms. The Balaban J connectivity index is 2.36. The highest BCUT2D eigenvalue weighted by atomic mass is 16.5. The standard InChI is InChI=1S/C12H27N3O/c1-5-12-9-15(7-6-14(12)3)8-11(13-2)10-16-4/h11-13H,5-10H2,1-4H3. The molecule has 1 aliphatic rings. The topological polar surface area (TPSA) is 27.7 Å². The van der Waals surface area contributed by atoms with Crippen molar-refractivity contribution >= 4 is 0 Å². The monoisotopic (exact) mass is 229 g/mol. The predicted molar refractivity (Wildman–Crippen MR) is 67.9 cm³/mol. The maximum atomic E-state index is 5.21. The minimum atomic E-state index is 0.450. The summed E-state index contributed by atoms with van der Waals surface area (Å²) in [7, 11) is 6.01. The van der Waals surface area contributed by atoms with Gasteiger partial charge in [-0.2, -0.15) is 0 Å². The molecule has 4 nitrogen and oxygen atoms in total. The molecule has 0 aromatic heterocycles. The average molecular weight is 229 g/mol. The maximum absolute atomic E-state index is 5.21. The van der Waals surface area contributed by atoms with Crippen LogP contribution in [0.3, 0.4) is 0 Å². The Hall–Kier alpha value is -0.160. The van der Waals surface area contributed by atoms with Crippen LogP contribution >= 0.6 is 0 Å². The fraction of sp³-hybridized carbons (Fsp3) is 1.00. The smallest absolute Gasteiger partial charge is 0.0628 e. The summed E-state index contributed by atoms with van der Waals surface area (Å²) < 4.78 is 5.21. The molecule has 1 fully saturated rings. The maximum Gasteiger partial charge on any atom is 0.0628 e. The lowest BCUT2D eigenvalue weighted by molar-refractivity contribution is 0.0730. The number of nitrogens with one attached hydrogen (secondary N) is 1. The second kappa shape index (κ2) is 7.22. The molecule has 0 aromatic carbocycles. The number of piperazine rings is 1. The van der Waals surface area contributed by atoms with Crippen molar-refractivity contribution in [3.63, 3.8) is 0 Å². The lowest BCUT2D eigenvalue weighted by Crippen LogP contribution is -2.54. The van der Waals surface area contributed by atoms with Gasteiger partial charge in [0.25, 0.3) is 0 Å². The van der Waals surface area contributed by atoms with Gasteiger partial charge in [-0.1, -0.05) is 6.92 Å². The summed E-state index contributed by atoms with van der Waals surface area (Å²) in [6.45, 7) is 7.70. The number of hydrogen-bond acceptors (Lipinski definition) is 4. The molecule has 1 saturated heterocycles. The van der Waals surface area contributed by atoms with Crippen LogP contribution in [-0.2, 0) is 4.74 Å². The molecular formula is C12H27N3O. The van der Waals surface area contributed by atoms with Crippen LogP contribution in [0.15, 0.2) is 0 Å². The van der Waals surface area contributed by atoms with Crippen molar-refractivity contribution in [2.75, 3.05) is 54.0 Å². The van der Waals surface area contributed by atoms with Crippen LogP contribution in [0.4, 0.5) is 0 Å². The molecule has 1 N–H and O–H groups in total. The zero-order valence-electron chi connectivity index (χ0n) is 11.2. The number of ether oxygens (including phenoxy) is 1. The second-order valence-electron chi connectivity index (χ2n) is 4.74. The highest BCUT2D eigenvalue weighted by Gasteiger charge is 2.24. The van der Waals surface area contributed by atoms with Crippen molar-refractivity contribution in [1.29, 1.82) is 0 Å². The Kier molecular flexibility index (Phi) is 6.28. The normalized spacial score (nSPS) is 25.9. The van der Waals surface area contributed by atoms with Crippen molar-refractivity contribution in [1.82, 2.24) is 15.1 Å². The summed E-state index contributed by atoms with van der Waals surface area (Å²) in [5.41, 5.74) is 0. The van der Waals surface area contributed by atoms with Crippen LogP contribution in [0.25, 0.3) is 0 Å². The molecule has 1 aliphatic heterocycles. The quantitative estimate of drug-likeness (QED) is 0.706. The molecule has 0 amide bonds. The van der Waals surface area contributed by atoms with E-state index in [0.29, 0.717) is 12.1 Å². The second-order valence-corrected chi connectivity index (χ2v) is 4.74. The largest absolute Gasteiger partial charge is 0.383 e. The zero-order chi connectivity index (χ0) is 12.0. The van der Waals surface area contributed by atoms with E-state index in [-0.39, 0.29) is 0 Å².